The van der Waals surface area contributed by atoms with Crippen LogP contribution in [-0.4, -0.2) is 69.6 Å². The van der Waals surface area contributed by atoms with E-state index in [1.807, 2.05) is 65.6 Å². The molecule has 3 heterocycles. The third-order valence-electron chi connectivity index (χ3n) is 8.47. The summed E-state index contributed by atoms with van der Waals surface area (Å²) in [7, 11) is 0. The Labute approximate surface area is 240 Å². The number of para-hydroxylation sites is 1. The van der Waals surface area contributed by atoms with E-state index in [2.05, 4.69) is 20.2 Å². The van der Waals surface area contributed by atoms with Crippen LogP contribution >= 0.6 is 0 Å². The van der Waals surface area contributed by atoms with Crippen LogP contribution in [0.3, 0.4) is 0 Å². The number of hydrogen-bond acceptors (Lipinski definition) is 8. The van der Waals surface area contributed by atoms with Gasteiger partial charge in [0.15, 0.2) is 0 Å². The minimum Gasteiger partial charge on any atom is -0.457 e. The van der Waals surface area contributed by atoms with E-state index in [0.717, 1.165) is 44.8 Å². The van der Waals surface area contributed by atoms with Gasteiger partial charge in [-0.1, -0.05) is 30.7 Å². The molecule has 2 aromatic carbocycles. The van der Waals surface area contributed by atoms with Gasteiger partial charge in [0.25, 0.3) is 0 Å². The quantitative estimate of drug-likeness (QED) is 0.260. The van der Waals surface area contributed by atoms with E-state index in [1.54, 1.807) is 6.08 Å². The van der Waals surface area contributed by atoms with Gasteiger partial charge in [-0.3, -0.25) is 15.1 Å². The fourth-order valence-corrected chi connectivity index (χ4v) is 6.33. The van der Waals surface area contributed by atoms with E-state index in [-0.39, 0.29) is 29.5 Å². The Hall–Kier alpha value is -4.24. The lowest BCUT2D eigenvalue weighted by molar-refractivity contribution is -0.127. The molecule has 0 spiro atoms. The third kappa shape index (κ3) is 6.10. The van der Waals surface area contributed by atoms with Crippen molar-refractivity contribution in [2.24, 2.45) is 5.92 Å². The highest BCUT2D eigenvalue weighted by atomic mass is 16.5. The number of carbonyl (C=O) groups is 1. The number of benzene rings is 2. The van der Waals surface area contributed by atoms with Crippen LogP contribution in [0.2, 0.25) is 0 Å². The number of rotatable bonds is 9. The second-order valence-electron chi connectivity index (χ2n) is 11.2. The molecule has 1 saturated carbocycles. The monoisotopic (exact) mass is 551 g/mol. The summed E-state index contributed by atoms with van der Waals surface area (Å²) < 4.78 is 5.89. The number of nitrogen functional groups attached to an aromatic ring is 1. The van der Waals surface area contributed by atoms with E-state index in [9.17, 15) is 4.79 Å². The van der Waals surface area contributed by atoms with Gasteiger partial charge in [-0.2, -0.15) is 0 Å². The molecule has 3 fully saturated rings. The number of aromatic nitrogens is 2. The number of hydrogen-bond donors (Lipinski definition) is 3. The van der Waals surface area contributed by atoms with Crippen LogP contribution in [0.25, 0.3) is 0 Å². The molecular formula is C32H37N7O2. The molecule has 2 aliphatic heterocycles. The van der Waals surface area contributed by atoms with Crippen molar-refractivity contribution >= 4 is 23.3 Å². The molecule has 1 aromatic heterocycles. The normalized spacial score (nSPS) is 22.2. The number of carbonyl (C=O) groups excluding carboxylic acids is 1. The zero-order chi connectivity index (χ0) is 28.2. The molecule has 3 atom stereocenters. The molecule has 2 bridgehead atoms. The maximum Gasteiger partial charge on any atom is 0.246 e. The van der Waals surface area contributed by atoms with Gasteiger partial charge in [0, 0.05) is 36.8 Å². The van der Waals surface area contributed by atoms with Crippen molar-refractivity contribution in [1.82, 2.24) is 19.8 Å². The highest BCUT2D eigenvalue weighted by Gasteiger charge is 2.46. The van der Waals surface area contributed by atoms with Crippen molar-refractivity contribution in [3.63, 3.8) is 0 Å². The number of fused-ring (bicyclic) bond motifs is 2. The number of piperidine rings is 2. The molecule has 212 valence electrons. The lowest BCUT2D eigenvalue weighted by atomic mass is 10.00. The van der Waals surface area contributed by atoms with Gasteiger partial charge in [-0.15, -0.1) is 0 Å². The Kier molecular flexibility index (Phi) is 7.95. The lowest BCUT2D eigenvalue weighted by Crippen LogP contribution is -2.43. The molecular weight excluding hydrogens is 514 g/mol. The van der Waals surface area contributed by atoms with E-state index in [1.165, 1.54) is 25.6 Å². The van der Waals surface area contributed by atoms with Crippen molar-refractivity contribution in [3.8, 4) is 11.5 Å². The van der Waals surface area contributed by atoms with Gasteiger partial charge in [0.1, 0.15) is 29.5 Å². The molecule has 3 aromatic rings. The average molecular weight is 552 g/mol. The van der Waals surface area contributed by atoms with Gasteiger partial charge >= 0.3 is 0 Å². The van der Waals surface area contributed by atoms with Gasteiger partial charge in [-0.25, -0.2) is 9.97 Å². The first-order valence-electron chi connectivity index (χ1n) is 14.5. The van der Waals surface area contributed by atoms with Crippen molar-refractivity contribution in [1.29, 1.82) is 5.41 Å². The molecule has 3 unspecified atom stereocenters. The molecule has 1 amide bonds. The predicted molar refractivity (Wildman–Crippen MR) is 160 cm³/mol. The second kappa shape index (κ2) is 12.1. The maximum absolute atomic E-state index is 12.9. The summed E-state index contributed by atoms with van der Waals surface area (Å²) in [5, 5.41) is 12.5. The van der Waals surface area contributed by atoms with Gasteiger partial charge in [-0.05, 0) is 81.1 Å². The van der Waals surface area contributed by atoms with Gasteiger partial charge < -0.3 is 20.7 Å². The fourth-order valence-electron chi connectivity index (χ4n) is 6.33. The number of ether oxygens (including phenoxy) is 1. The van der Waals surface area contributed by atoms with E-state index < -0.39 is 0 Å². The number of anilines is 2. The summed E-state index contributed by atoms with van der Waals surface area (Å²) in [6.45, 7) is 3.83. The van der Waals surface area contributed by atoms with E-state index in [0.29, 0.717) is 28.6 Å². The number of nitrogens with one attached hydrogen (secondary N) is 2. The van der Waals surface area contributed by atoms with Crippen LogP contribution in [0.15, 0.2) is 73.1 Å². The van der Waals surface area contributed by atoms with Crippen LogP contribution in [0.5, 0.6) is 11.5 Å². The molecule has 41 heavy (non-hydrogen) atoms. The molecule has 1 aliphatic carbocycles. The molecule has 9 heteroatoms. The summed E-state index contributed by atoms with van der Waals surface area (Å²) in [5.74, 6) is 2.70. The minimum absolute atomic E-state index is 0.112. The third-order valence-corrected chi connectivity index (χ3v) is 8.47. The number of likely N-dealkylation sites (tertiary alicyclic amines) is 2. The topological polar surface area (TPSA) is 120 Å². The lowest BCUT2D eigenvalue weighted by Gasteiger charge is -2.32. The van der Waals surface area contributed by atoms with Gasteiger partial charge in [0.2, 0.25) is 5.91 Å². The Morgan fingerprint density at radius 1 is 1.02 bits per heavy atom. The van der Waals surface area contributed by atoms with Crippen molar-refractivity contribution in [2.75, 3.05) is 37.2 Å². The smallest absolute Gasteiger partial charge is 0.246 e. The summed E-state index contributed by atoms with van der Waals surface area (Å²) in [4.78, 5) is 26.0. The maximum atomic E-state index is 12.9. The standard InChI is InChI=1S/C32H37N7O2/c33-30(22-11-13-26(14-12-22)41-25-8-3-1-4-9-25)29-31(34)35-21-36-32(29)37-27-19-24-18-23(27)20-39(24)28(40)10-7-17-38-15-5-2-6-16-38/h1,3-4,7-14,21,23-24,27,33H,2,5-6,15-20H2,(H3,34,35,36,37)/b10-7+,33-30?. The van der Waals surface area contributed by atoms with Gasteiger partial charge in [0.05, 0.1) is 11.3 Å². The zero-order valence-electron chi connectivity index (χ0n) is 23.2. The average Bonchev–Trinajstić information content (AvgIpc) is 3.59. The molecule has 9 nitrogen and oxygen atoms in total. The Bertz CT molecular complexity index is 1400. The van der Waals surface area contributed by atoms with Crippen LogP contribution in [0, 0.1) is 11.3 Å². The van der Waals surface area contributed by atoms with Crippen molar-refractivity contribution in [2.45, 2.75) is 44.2 Å². The van der Waals surface area contributed by atoms with Crippen molar-refractivity contribution < 1.29 is 9.53 Å². The fraction of sp³-hybridized carbons (Fsp3) is 0.375. The Morgan fingerprint density at radius 2 is 1.78 bits per heavy atom. The number of amides is 1. The highest BCUT2D eigenvalue weighted by molar-refractivity contribution is 6.16. The van der Waals surface area contributed by atoms with E-state index >= 15 is 0 Å². The first-order chi connectivity index (χ1) is 20.0. The first-order valence-corrected chi connectivity index (χ1v) is 14.5. The summed E-state index contributed by atoms with van der Waals surface area (Å²) >= 11 is 0. The molecule has 4 N–H and O–H groups in total. The van der Waals surface area contributed by atoms with Crippen LogP contribution in [0.4, 0.5) is 11.6 Å². The SMILES string of the molecule is N=C(c1ccc(Oc2ccccc2)cc1)c1c(N)ncnc1NC1CC2CC1CN2C(=O)/C=C/CN1CCCCC1. The minimum atomic E-state index is 0.112. The predicted octanol–water partition coefficient (Wildman–Crippen LogP) is 4.71. The van der Waals surface area contributed by atoms with Crippen LogP contribution < -0.4 is 15.8 Å². The Balaban J connectivity index is 1.08. The zero-order valence-corrected chi connectivity index (χ0v) is 23.2. The van der Waals surface area contributed by atoms with E-state index in [4.69, 9.17) is 15.9 Å². The largest absolute Gasteiger partial charge is 0.457 e. The Morgan fingerprint density at radius 3 is 2.51 bits per heavy atom. The molecule has 0 radical (unpaired) electrons. The highest BCUT2D eigenvalue weighted by Crippen LogP contribution is 2.40. The second-order valence-corrected chi connectivity index (χ2v) is 11.2. The number of nitrogens with zero attached hydrogens (tertiary/aromatic N) is 4. The molecule has 3 aliphatic rings. The molecule has 2 saturated heterocycles. The van der Waals surface area contributed by atoms with Crippen LogP contribution in [0.1, 0.15) is 43.2 Å². The first kappa shape index (κ1) is 27.0. The van der Waals surface area contributed by atoms with Crippen molar-refractivity contribution in [3.05, 3.63) is 84.2 Å². The number of nitrogens with two attached hydrogens (primary N) is 1. The van der Waals surface area contributed by atoms with Crippen LogP contribution in [-0.2, 0) is 4.79 Å². The summed E-state index contributed by atoms with van der Waals surface area (Å²) in [6.07, 6.45) is 10.9. The molecule has 6 rings (SSSR count). The summed E-state index contributed by atoms with van der Waals surface area (Å²) in [6, 6.07) is 17.3. The summed E-state index contributed by atoms with van der Waals surface area (Å²) in [5.41, 5.74) is 7.71.